The van der Waals surface area contributed by atoms with Gasteiger partial charge < -0.3 is 9.55 Å². The Morgan fingerprint density at radius 3 is 2.94 bits per heavy atom. The molecular weight excluding hydrogens is 260 g/mol. The zero-order chi connectivity index (χ0) is 12.7. The van der Waals surface area contributed by atoms with Gasteiger partial charge in [-0.3, -0.25) is 0 Å². The minimum Gasteiger partial charge on any atom is -0.331 e. The second-order valence-corrected chi connectivity index (χ2v) is 6.62. The van der Waals surface area contributed by atoms with Gasteiger partial charge in [0.05, 0.1) is 11.0 Å². The van der Waals surface area contributed by atoms with Gasteiger partial charge in [0.2, 0.25) is 0 Å². The first-order valence-corrected chi connectivity index (χ1v) is 8.13. The number of imidazole rings is 1. The standard InChI is InChI=1S/C14H18N2S2/c1-9-4-3-5-12-13(9)16(14(17)15-12)10-6-7-11(8-10)18-2/h3-5,10-11H,6-8H2,1-2H3,(H,15,17). The monoisotopic (exact) mass is 278 g/mol. The van der Waals surface area contributed by atoms with Crippen LogP contribution in [0.15, 0.2) is 18.2 Å². The van der Waals surface area contributed by atoms with Crippen molar-refractivity contribution in [2.24, 2.45) is 0 Å². The number of nitrogens with zero attached hydrogens (tertiary/aromatic N) is 1. The van der Waals surface area contributed by atoms with Crippen molar-refractivity contribution >= 4 is 35.0 Å². The fourth-order valence-electron chi connectivity index (χ4n) is 3.07. The maximum Gasteiger partial charge on any atom is 0.178 e. The molecule has 2 unspecified atom stereocenters. The van der Waals surface area contributed by atoms with Crippen molar-refractivity contribution in [2.45, 2.75) is 37.5 Å². The maximum atomic E-state index is 5.52. The summed E-state index contributed by atoms with van der Waals surface area (Å²) in [4.78, 5) is 3.35. The summed E-state index contributed by atoms with van der Waals surface area (Å²) in [5.74, 6) is 0. The zero-order valence-electron chi connectivity index (χ0n) is 10.8. The van der Waals surface area contributed by atoms with E-state index in [4.69, 9.17) is 12.2 Å². The Bertz CT molecular complexity index is 626. The second kappa shape index (κ2) is 4.74. The van der Waals surface area contributed by atoms with E-state index in [2.05, 4.69) is 40.9 Å². The molecule has 0 amide bonds. The largest absolute Gasteiger partial charge is 0.331 e. The fraction of sp³-hybridized carbons (Fsp3) is 0.500. The average Bonchev–Trinajstić information content (AvgIpc) is 2.92. The highest BCUT2D eigenvalue weighted by molar-refractivity contribution is 7.99. The second-order valence-electron chi connectivity index (χ2n) is 5.10. The van der Waals surface area contributed by atoms with Crippen LogP contribution in [-0.2, 0) is 0 Å². The van der Waals surface area contributed by atoms with E-state index in [0.717, 1.165) is 10.0 Å². The lowest BCUT2D eigenvalue weighted by Crippen LogP contribution is -2.06. The molecule has 1 N–H and O–H groups in total. The third-order valence-corrected chi connectivity index (χ3v) is 5.39. The van der Waals surface area contributed by atoms with Crippen LogP contribution in [0.2, 0.25) is 0 Å². The normalized spacial score (nSPS) is 23.9. The van der Waals surface area contributed by atoms with Crippen molar-refractivity contribution in [3.8, 4) is 0 Å². The van der Waals surface area contributed by atoms with Crippen LogP contribution >= 0.6 is 24.0 Å². The molecule has 0 radical (unpaired) electrons. The first kappa shape index (κ1) is 12.3. The molecule has 2 atom stereocenters. The van der Waals surface area contributed by atoms with Crippen LogP contribution in [0, 0.1) is 11.7 Å². The van der Waals surface area contributed by atoms with Gasteiger partial charge in [-0.25, -0.2) is 0 Å². The number of hydrogen-bond acceptors (Lipinski definition) is 2. The number of thioether (sulfide) groups is 1. The van der Waals surface area contributed by atoms with Gasteiger partial charge in [0.1, 0.15) is 0 Å². The number of aryl methyl sites for hydroxylation is 1. The minimum atomic E-state index is 0.574. The molecule has 1 aliphatic rings. The molecule has 0 bridgehead atoms. The Labute approximate surface area is 117 Å². The minimum absolute atomic E-state index is 0.574. The number of hydrogen-bond donors (Lipinski definition) is 1. The van der Waals surface area contributed by atoms with Crippen LogP contribution < -0.4 is 0 Å². The molecule has 0 saturated heterocycles. The van der Waals surface area contributed by atoms with E-state index in [1.54, 1.807) is 0 Å². The summed E-state index contributed by atoms with van der Waals surface area (Å²) in [7, 11) is 0. The summed E-state index contributed by atoms with van der Waals surface area (Å²) in [6.45, 7) is 2.17. The van der Waals surface area contributed by atoms with Gasteiger partial charge in [-0.2, -0.15) is 11.8 Å². The Kier molecular flexibility index (Phi) is 3.24. The maximum absolute atomic E-state index is 5.52. The lowest BCUT2D eigenvalue weighted by atomic mass is 10.2. The van der Waals surface area contributed by atoms with Gasteiger partial charge in [-0.1, -0.05) is 12.1 Å². The highest BCUT2D eigenvalue weighted by Crippen LogP contribution is 2.38. The fourth-order valence-corrected chi connectivity index (χ4v) is 4.21. The molecule has 2 aromatic rings. The molecule has 1 fully saturated rings. The number of aromatic amines is 1. The van der Waals surface area contributed by atoms with Gasteiger partial charge >= 0.3 is 0 Å². The molecule has 18 heavy (non-hydrogen) atoms. The Balaban J connectivity index is 2.12. The number of aromatic nitrogens is 2. The van der Waals surface area contributed by atoms with Crippen LogP contribution in [0.1, 0.15) is 30.9 Å². The van der Waals surface area contributed by atoms with Gasteiger partial charge in [-0.05, 0) is 56.3 Å². The van der Waals surface area contributed by atoms with Crippen molar-refractivity contribution in [3.63, 3.8) is 0 Å². The highest BCUT2D eigenvalue weighted by atomic mass is 32.2. The predicted molar refractivity (Wildman–Crippen MR) is 82.1 cm³/mol. The summed E-state index contributed by atoms with van der Waals surface area (Å²) in [5, 5.41) is 0.797. The third-order valence-electron chi connectivity index (χ3n) is 3.99. The van der Waals surface area contributed by atoms with Gasteiger partial charge in [0, 0.05) is 11.3 Å². The number of fused-ring (bicyclic) bond motifs is 1. The van der Waals surface area contributed by atoms with E-state index in [-0.39, 0.29) is 0 Å². The predicted octanol–water partition coefficient (Wildman–Crippen LogP) is 4.46. The average molecular weight is 278 g/mol. The van der Waals surface area contributed by atoms with Crippen molar-refractivity contribution in [1.29, 1.82) is 0 Å². The van der Waals surface area contributed by atoms with Crippen molar-refractivity contribution < 1.29 is 0 Å². The molecular formula is C14H18N2S2. The number of H-pyrrole nitrogens is 1. The van der Waals surface area contributed by atoms with Crippen LogP contribution in [0.3, 0.4) is 0 Å². The Hall–Kier alpha value is -0.740. The molecule has 1 aromatic heterocycles. The molecule has 4 heteroatoms. The Morgan fingerprint density at radius 2 is 2.22 bits per heavy atom. The van der Waals surface area contributed by atoms with Crippen LogP contribution in [0.25, 0.3) is 11.0 Å². The van der Waals surface area contributed by atoms with Crippen LogP contribution in [-0.4, -0.2) is 21.1 Å². The van der Waals surface area contributed by atoms with E-state index in [1.165, 1.54) is 35.9 Å². The Morgan fingerprint density at radius 1 is 1.39 bits per heavy atom. The number of nitrogens with one attached hydrogen (secondary N) is 1. The third kappa shape index (κ3) is 1.91. The van der Waals surface area contributed by atoms with E-state index in [9.17, 15) is 0 Å². The quantitative estimate of drug-likeness (QED) is 0.818. The summed E-state index contributed by atoms with van der Waals surface area (Å²) in [6.07, 6.45) is 6.02. The highest BCUT2D eigenvalue weighted by Gasteiger charge is 2.27. The first-order chi connectivity index (χ1) is 8.70. The number of para-hydroxylation sites is 1. The van der Waals surface area contributed by atoms with Gasteiger partial charge in [0.15, 0.2) is 4.77 Å². The SMILES string of the molecule is CSC1CCC(n2c(=S)[nH]c3cccc(C)c32)C1. The zero-order valence-corrected chi connectivity index (χ0v) is 12.4. The van der Waals surface area contributed by atoms with Gasteiger partial charge in [-0.15, -0.1) is 0 Å². The van der Waals surface area contributed by atoms with E-state index < -0.39 is 0 Å². The number of benzene rings is 1. The molecule has 3 rings (SSSR count). The lowest BCUT2D eigenvalue weighted by molar-refractivity contribution is 0.527. The molecule has 1 heterocycles. The summed E-state index contributed by atoms with van der Waals surface area (Å²) in [6, 6.07) is 6.95. The molecule has 1 saturated carbocycles. The van der Waals surface area contributed by atoms with Crippen molar-refractivity contribution in [2.75, 3.05) is 6.26 Å². The molecule has 0 spiro atoms. The van der Waals surface area contributed by atoms with Gasteiger partial charge in [0.25, 0.3) is 0 Å². The number of rotatable bonds is 2. The topological polar surface area (TPSA) is 20.7 Å². The summed E-state index contributed by atoms with van der Waals surface area (Å²) < 4.78 is 3.24. The van der Waals surface area contributed by atoms with E-state index in [1.807, 2.05) is 11.8 Å². The molecule has 0 aliphatic heterocycles. The summed E-state index contributed by atoms with van der Waals surface area (Å²) in [5.41, 5.74) is 3.79. The molecule has 2 nitrogen and oxygen atoms in total. The van der Waals surface area contributed by atoms with Crippen LogP contribution in [0.4, 0.5) is 0 Å². The summed E-state index contributed by atoms with van der Waals surface area (Å²) >= 11 is 7.52. The lowest BCUT2D eigenvalue weighted by Gasteiger charge is -2.14. The molecule has 96 valence electrons. The van der Waals surface area contributed by atoms with Crippen molar-refractivity contribution in [3.05, 3.63) is 28.5 Å². The smallest absolute Gasteiger partial charge is 0.178 e. The molecule has 1 aliphatic carbocycles. The van der Waals surface area contributed by atoms with Crippen molar-refractivity contribution in [1.82, 2.24) is 9.55 Å². The van der Waals surface area contributed by atoms with E-state index in [0.29, 0.717) is 6.04 Å². The van der Waals surface area contributed by atoms with E-state index >= 15 is 0 Å². The molecule has 1 aromatic carbocycles. The van der Waals surface area contributed by atoms with Crippen LogP contribution in [0.5, 0.6) is 0 Å². The first-order valence-electron chi connectivity index (χ1n) is 6.43.